The molecule has 158 valence electrons. The van der Waals surface area contributed by atoms with E-state index >= 15 is 0 Å². The molecule has 0 bridgehead atoms. The van der Waals surface area contributed by atoms with Crippen molar-refractivity contribution in [3.8, 4) is 0 Å². The van der Waals surface area contributed by atoms with Crippen LogP contribution in [-0.4, -0.2) is 44.0 Å². The van der Waals surface area contributed by atoms with Crippen molar-refractivity contribution < 1.29 is 4.79 Å². The molecule has 1 saturated heterocycles. The quantitative estimate of drug-likeness (QED) is 0.380. The van der Waals surface area contributed by atoms with Crippen LogP contribution < -0.4 is 16.0 Å². The van der Waals surface area contributed by atoms with E-state index in [1.807, 2.05) is 35.2 Å². The number of anilines is 2. The molecule has 1 fully saturated rings. The number of carbonyl (C=O) groups excluding carboxylic acids is 1. The number of alkyl halides is 3. The second-order valence-electron chi connectivity index (χ2n) is 6.60. The van der Waals surface area contributed by atoms with Crippen LogP contribution >= 0.6 is 47.0 Å². The predicted octanol–water partition coefficient (Wildman–Crippen LogP) is 3.99. The van der Waals surface area contributed by atoms with Crippen LogP contribution in [0.5, 0.6) is 0 Å². The van der Waals surface area contributed by atoms with Crippen LogP contribution in [0.3, 0.4) is 0 Å². The Morgan fingerprint density at radius 1 is 1.17 bits per heavy atom. The summed E-state index contributed by atoms with van der Waals surface area (Å²) in [4.78, 5) is 20.3. The first kappa shape index (κ1) is 22.6. The molecule has 6 nitrogen and oxygen atoms in total. The molecule has 1 aromatic heterocycles. The van der Waals surface area contributed by atoms with Crippen molar-refractivity contribution in [3.05, 3.63) is 60.2 Å². The maximum atomic E-state index is 12.5. The fourth-order valence-corrected chi connectivity index (χ4v) is 3.94. The van der Waals surface area contributed by atoms with Gasteiger partial charge < -0.3 is 20.9 Å². The SMILES string of the molecule is Nc1cccc(N2CCCN(C(NC(=O)/C=C/c3ccccc3)C(Cl)(Cl)Cl)C2=S)n1. The number of amides is 1. The van der Waals surface area contributed by atoms with Crippen LogP contribution in [-0.2, 0) is 4.79 Å². The monoisotopic (exact) mass is 483 g/mol. The van der Waals surface area contributed by atoms with Gasteiger partial charge in [-0.15, -0.1) is 0 Å². The normalized spacial score (nSPS) is 16.0. The number of hydrogen-bond donors (Lipinski definition) is 2. The summed E-state index contributed by atoms with van der Waals surface area (Å²) in [7, 11) is 0. The summed E-state index contributed by atoms with van der Waals surface area (Å²) in [5.74, 6) is 0.574. The minimum atomic E-state index is -1.81. The summed E-state index contributed by atoms with van der Waals surface area (Å²) in [6.07, 6.45) is 2.83. The van der Waals surface area contributed by atoms with Crippen LogP contribution in [0.25, 0.3) is 6.08 Å². The summed E-state index contributed by atoms with van der Waals surface area (Å²) in [6, 6.07) is 14.7. The maximum Gasteiger partial charge on any atom is 0.245 e. The van der Waals surface area contributed by atoms with E-state index in [2.05, 4.69) is 10.3 Å². The fourth-order valence-electron chi connectivity index (χ4n) is 3.04. The minimum Gasteiger partial charge on any atom is -0.384 e. The van der Waals surface area contributed by atoms with Crippen molar-refractivity contribution in [2.75, 3.05) is 23.7 Å². The molecule has 2 heterocycles. The van der Waals surface area contributed by atoms with Crippen LogP contribution in [0.1, 0.15) is 12.0 Å². The van der Waals surface area contributed by atoms with E-state index in [1.54, 1.807) is 29.2 Å². The predicted molar refractivity (Wildman–Crippen MR) is 128 cm³/mol. The van der Waals surface area contributed by atoms with Gasteiger partial charge in [0, 0.05) is 19.2 Å². The fraction of sp³-hybridized carbons (Fsp3) is 0.250. The van der Waals surface area contributed by atoms with Gasteiger partial charge in [-0.05, 0) is 42.4 Å². The molecule has 1 atom stereocenters. The lowest BCUT2D eigenvalue weighted by molar-refractivity contribution is -0.117. The van der Waals surface area contributed by atoms with Gasteiger partial charge in [0.25, 0.3) is 0 Å². The standard InChI is InChI=1S/C20H20Cl3N5OS/c21-20(22,23)18(26-17(29)11-10-14-6-2-1-3-7-14)28-13-5-12-27(19(28)30)16-9-4-8-15(24)25-16/h1-4,6-11,18H,5,12-13H2,(H2,24,25)(H,26,29)/b11-10+. The lowest BCUT2D eigenvalue weighted by Gasteiger charge is -2.44. The molecular weight excluding hydrogens is 465 g/mol. The first-order valence-electron chi connectivity index (χ1n) is 9.17. The van der Waals surface area contributed by atoms with E-state index in [1.165, 1.54) is 6.08 Å². The Hall–Kier alpha value is -2.06. The number of halogens is 3. The summed E-state index contributed by atoms with van der Waals surface area (Å²) >= 11 is 24.3. The smallest absolute Gasteiger partial charge is 0.245 e. The molecule has 30 heavy (non-hydrogen) atoms. The van der Waals surface area contributed by atoms with Gasteiger partial charge in [-0.3, -0.25) is 4.79 Å². The lowest BCUT2D eigenvalue weighted by Crippen LogP contribution is -2.62. The Bertz CT molecular complexity index is 936. The van der Waals surface area contributed by atoms with Crippen LogP contribution in [0.15, 0.2) is 54.6 Å². The second kappa shape index (κ2) is 9.83. The number of nitrogens with zero attached hydrogens (tertiary/aromatic N) is 3. The molecule has 0 aliphatic carbocycles. The number of pyridine rings is 1. The summed E-state index contributed by atoms with van der Waals surface area (Å²) in [5.41, 5.74) is 6.68. The molecule has 0 radical (unpaired) electrons. The summed E-state index contributed by atoms with van der Waals surface area (Å²) in [6.45, 7) is 1.15. The zero-order valence-electron chi connectivity index (χ0n) is 15.8. The van der Waals surface area contributed by atoms with E-state index in [0.29, 0.717) is 29.8 Å². The molecular formula is C20H20Cl3N5OS. The van der Waals surface area contributed by atoms with Crippen molar-refractivity contribution in [1.82, 2.24) is 15.2 Å². The van der Waals surface area contributed by atoms with Crippen molar-refractivity contribution in [1.29, 1.82) is 0 Å². The average Bonchev–Trinajstić information content (AvgIpc) is 2.71. The lowest BCUT2D eigenvalue weighted by atomic mass is 10.2. The third-order valence-electron chi connectivity index (χ3n) is 4.42. The van der Waals surface area contributed by atoms with E-state index in [9.17, 15) is 4.79 Å². The molecule has 1 unspecified atom stereocenters. The highest BCUT2D eigenvalue weighted by molar-refractivity contribution is 7.80. The largest absolute Gasteiger partial charge is 0.384 e. The number of nitrogens with one attached hydrogen (secondary N) is 1. The Morgan fingerprint density at radius 3 is 2.57 bits per heavy atom. The third-order valence-corrected chi connectivity index (χ3v) is 5.49. The first-order valence-corrected chi connectivity index (χ1v) is 10.7. The molecule has 0 spiro atoms. The molecule has 3 N–H and O–H groups in total. The van der Waals surface area contributed by atoms with Gasteiger partial charge in [0.05, 0.1) is 0 Å². The molecule has 0 saturated carbocycles. The molecule has 2 aromatic rings. The molecule has 1 aromatic carbocycles. The van der Waals surface area contributed by atoms with Gasteiger partial charge in [0.1, 0.15) is 11.6 Å². The van der Waals surface area contributed by atoms with Gasteiger partial charge in [0.2, 0.25) is 9.70 Å². The highest BCUT2D eigenvalue weighted by Crippen LogP contribution is 2.34. The summed E-state index contributed by atoms with van der Waals surface area (Å²) < 4.78 is -1.81. The highest BCUT2D eigenvalue weighted by Gasteiger charge is 2.42. The first-order chi connectivity index (χ1) is 14.3. The van der Waals surface area contributed by atoms with Crippen molar-refractivity contribution in [3.63, 3.8) is 0 Å². The third kappa shape index (κ3) is 5.76. The van der Waals surface area contributed by atoms with Gasteiger partial charge >= 0.3 is 0 Å². The molecule has 1 aliphatic rings. The van der Waals surface area contributed by atoms with Crippen molar-refractivity contribution in [2.24, 2.45) is 0 Å². The number of nitrogen functional groups attached to an aromatic ring is 1. The van der Waals surface area contributed by atoms with E-state index in [0.717, 1.165) is 12.0 Å². The van der Waals surface area contributed by atoms with E-state index in [-0.39, 0.29) is 0 Å². The number of hydrogen-bond acceptors (Lipinski definition) is 4. The zero-order chi connectivity index (χ0) is 21.7. The maximum absolute atomic E-state index is 12.5. The van der Waals surface area contributed by atoms with Gasteiger partial charge in [-0.25, -0.2) is 4.98 Å². The Balaban J connectivity index is 1.78. The molecule has 1 aliphatic heterocycles. The van der Waals surface area contributed by atoms with Gasteiger partial charge in [-0.1, -0.05) is 71.2 Å². The highest BCUT2D eigenvalue weighted by atomic mass is 35.6. The second-order valence-corrected chi connectivity index (χ2v) is 9.33. The number of carbonyl (C=O) groups is 1. The number of thiocarbonyl (C=S) groups is 1. The molecule has 3 rings (SSSR count). The van der Waals surface area contributed by atoms with Gasteiger partial charge in [-0.2, -0.15) is 0 Å². The average molecular weight is 485 g/mol. The van der Waals surface area contributed by atoms with E-state index in [4.69, 9.17) is 52.8 Å². The number of benzene rings is 1. The van der Waals surface area contributed by atoms with Gasteiger partial charge in [0.15, 0.2) is 11.3 Å². The molecule has 1 amide bonds. The number of rotatable bonds is 5. The Labute approximate surface area is 195 Å². The Kier molecular flexibility index (Phi) is 7.41. The molecule has 10 heteroatoms. The zero-order valence-corrected chi connectivity index (χ0v) is 18.9. The topological polar surface area (TPSA) is 74.5 Å². The number of aromatic nitrogens is 1. The van der Waals surface area contributed by atoms with Crippen LogP contribution in [0.2, 0.25) is 0 Å². The van der Waals surface area contributed by atoms with Crippen LogP contribution in [0, 0.1) is 0 Å². The van der Waals surface area contributed by atoms with E-state index < -0.39 is 15.9 Å². The van der Waals surface area contributed by atoms with Crippen molar-refractivity contribution in [2.45, 2.75) is 16.4 Å². The van der Waals surface area contributed by atoms with Crippen LogP contribution in [0.4, 0.5) is 11.6 Å². The summed E-state index contributed by atoms with van der Waals surface area (Å²) in [5, 5.41) is 3.15. The van der Waals surface area contributed by atoms with Crippen molar-refractivity contribution >= 4 is 75.8 Å². The number of nitrogens with two attached hydrogens (primary N) is 1. The minimum absolute atomic E-state index is 0.379. The Morgan fingerprint density at radius 2 is 1.90 bits per heavy atom.